The Morgan fingerprint density at radius 3 is 2.93 bits per heavy atom. The minimum Gasteiger partial charge on any atom is -0.494 e. The number of aromatic nitrogens is 2. The molecule has 1 aromatic heterocycles. The van der Waals surface area contributed by atoms with Crippen LogP contribution in [0.25, 0.3) is 10.9 Å². The van der Waals surface area contributed by atoms with Crippen molar-refractivity contribution < 1.29 is 4.74 Å². The van der Waals surface area contributed by atoms with Crippen LogP contribution in [0.3, 0.4) is 0 Å². The van der Waals surface area contributed by atoms with Gasteiger partial charge in [0.25, 0.3) is 5.56 Å². The first-order valence-corrected chi connectivity index (χ1v) is 4.80. The van der Waals surface area contributed by atoms with Crippen LogP contribution in [0, 0.1) is 0 Å². The smallest absolute Gasteiger partial charge is 0.258 e. The van der Waals surface area contributed by atoms with E-state index in [0.29, 0.717) is 16.7 Å². The number of rotatable bonds is 2. The quantitative estimate of drug-likeness (QED) is 0.806. The van der Waals surface area contributed by atoms with Gasteiger partial charge in [-0.1, -0.05) is 6.92 Å². The Morgan fingerprint density at radius 2 is 2.27 bits per heavy atom. The number of H-pyrrole nitrogens is 1. The largest absolute Gasteiger partial charge is 0.494 e. The van der Waals surface area contributed by atoms with Crippen molar-refractivity contribution in [2.45, 2.75) is 13.3 Å². The molecule has 0 spiro atoms. The summed E-state index contributed by atoms with van der Waals surface area (Å²) >= 11 is 0. The second-order valence-corrected chi connectivity index (χ2v) is 3.28. The van der Waals surface area contributed by atoms with E-state index < -0.39 is 0 Å². The molecule has 1 heterocycles. The molecule has 0 aliphatic heterocycles. The number of aryl methyl sites for hydroxylation is 1. The maximum Gasteiger partial charge on any atom is 0.258 e. The summed E-state index contributed by atoms with van der Waals surface area (Å²) in [6, 6.07) is 3.76. The second kappa shape index (κ2) is 3.73. The van der Waals surface area contributed by atoms with E-state index in [1.54, 1.807) is 7.11 Å². The van der Waals surface area contributed by atoms with E-state index in [0.717, 1.165) is 12.0 Å². The highest BCUT2D eigenvalue weighted by Gasteiger charge is 2.07. The zero-order valence-corrected chi connectivity index (χ0v) is 8.70. The summed E-state index contributed by atoms with van der Waals surface area (Å²) < 4.78 is 5.21. The third-order valence-corrected chi connectivity index (χ3v) is 2.40. The average molecular weight is 204 g/mol. The monoisotopic (exact) mass is 204 g/mol. The molecule has 4 heteroatoms. The van der Waals surface area contributed by atoms with Gasteiger partial charge in [0.15, 0.2) is 0 Å². The van der Waals surface area contributed by atoms with E-state index in [1.165, 1.54) is 6.33 Å². The van der Waals surface area contributed by atoms with Crippen LogP contribution in [0.5, 0.6) is 5.75 Å². The van der Waals surface area contributed by atoms with Crippen LogP contribution >= 0.6 is 0 Å². The Hall–Kier alpha value is -1.84. The Kier molecular flexibility index (Phi) is 2.41. The van der Waals surface area contributed by atoms with Crippen molar-refractivity contribution in [3.8, 4) is 5.75 Å². The number of ether oxygens (including phenoxy) is 1. The van der Waals surface area contributed by atoms with Crippen molar-refractivity contribution in [3.63, 3.8) is 0 Å². The molecule has 0 saturated carbocycles. The summed E-state index contributed by atoms with van der Waals surface area (Å²) in [6.45, 7) is 2.03. The Balaban J connectivity index is 2.87. The van der Waals surface area contributed by atoms with Crippen molar-refractivity contribution in [2.24, 2.45) is 0 Å². The number of nitrogens with one attached hydrogen (secondary N) is 1. The molecule has 0 saturated heterocycles. The van der Waals surface area contributed by atoms with Gasteiger partial charge < -0.3 is 9.72 Å². The Bertz CT molecular complexity index is 546. The first kappa shape index (κ1) is 9.71. The zero-order valence-electron chi connectivity index (χ0n) is 8.70. The van der Waals surface area contributed by atoms with E-state index >= 15 is 0 Å². The van der Waals surface area contributed by atoms with Crippen molar-refractivity contribution in [1.82, 2.24) is 9.97 Å². The van der Waals surface area contributed by atoms with Crippen molar-refractivity contribution in [3.05, 3.63) is 34.4 Å². The molecule has 2 aromatic rings. The summed E-state index contributed by atoms with van der Waals surface area (Å²) in [5.41, 5.74) is 1.55. The van der Waals surface area contributed by atoms with Gasteiger partial charge in [0.2, 0.25) is 0 Å². The second-order valence-electron chi connectivity index (χ2n) is 3.28. The minimum absolute atomic E-state index is 0.131. The lowest BCUT2D eigenvalue weighted by atomic mass is 10.1. The molecule has 1 N–H and O–H groups in total. The lowest BCUT2D eigenvalue weighted by Crippen LogP contribution is -2.07. The van der Waals surface area contributed by atoms with E-state index in [1.807, 2.05) is 19.1 Å². The Morgan fingerprint density at radius 1 is 1.47 bits per heavy atom. The number of benzene rings is 1. The molecule has 2 rings (SSSR count). The number of hydrogen-bond acceptors (Lipinski definition) is 3. The van der Waals surface area contributed by atoms with E-state index in [4.69, 9.17) is 4.74 Å². The first-order chi connectivity index (χ1) is 7.26. The molecule has 0 bridgehead atoms. The molecular formula is C11H12N2O2. The van der Waals surface area contributed by atoms with Gasteiger partial charge in [-0.2, -0.15) is 0 Å². The molecule has 15 heavy (non-hydrogen) atoms. The average Bonchev–Trinajstić information content (AvgIpc) is 2.28. The van der Waals surface area contributed by atoms with Gasteiger partial charge in [0.1, 0.15) is 11.3 Å². The van der Waals surface area contributed by atoms with Gasteiger partial charge >= 0.3 is 0 Å². The van der Waals surface area contributed by atoms with Crippen LogP contribution in [-0.4, -0.2) is 17.1 Å². The molecule has 0 amide bonds. The molecule has 0 radical (unpaired) electrons. The summed E-state index contributed by atoms with van der Waals surface area (Å²) in [7, 11) is 1.58. The maximum absolute atomic E-state index is 11.6. The summed E-state index contributed by atoms with van der Waals surface area (Å²) in [6.07, 6.45) is 2.25. The standard InChI is InChI=1S/C11H12N2O2/c1-3-7-4-8-10(9(5-7)15-2)12-6-13-11(8)14/h4-6H,3H2,1-2H3,(H,12,13,14). The fraction of sp³-hybridized carbons (Fsp3) is 0.273. The lowest BCUT2D eigenvalue weighted by Gasteiger charge is -2.06. The molecule has 0 aliphatic carbocycles. The molecular weight excluding hydrogens is 192 g/mol. The topological polar surface area (TPSA) is 55.0 Å². The third kappa shape index (κ3) is 1.58. The SMILES string of the molecule is CCc1cc(OC)c2nc[nH]c(=O)c2c1. The zero-order chi connectivity index (χ0) is 10.8. The third-order valence-electron chi connectivity index (χ3n) is 2.40. The normalized spacial score (nSPS) is 10.5. The summed E-state index contributed by atoms with van der Waals surface area (Å²) in [4.78, 5) is 18.2. The van der Waals surface area contributed by atoms with Gasteiger partial charge in [-0.15, -0.1) is 0 Å². The highest BCUT2D eigenvalue weighted by atomic mass is 16.5. The number of fused-ring (bicyclic) bond motifs is 1. The van der Waals surface area contributed by atoms with Crippen LogP contribution in [0.4, 0.5) is 0 Å². The van der Waals surface area contributed by atoms with Gasteiger partial charge in [0.05, 0.1) is 18.8 Å². The highest BCUT2D eigenvalue weighted by molar-refractivity contribution is 5.84. The van der Waals surface area contributed by atoms with Crippen LogP contribution < -0.4 is 10.3 Å². The van der Waals surface area contributed by atoms with Gasteiger partial charge in [-0.05, 0) is 24.1 Å². The molecule has 1 aromatic carbocycles. The number of hydrogen-bond donors (Lipinski definition) is 1. The predicted molar refractivity (Wildman–Crippen MR) is 58.3 cm³/mol. The number of methoxy groups -OCH3 is 1. The van der Waals surface area contributed by atoms with Crippen molar-refractivity contribution in [1.29, 1.82) is 0 Å². The number of aromatic amines is 1. The van der Waals surface area contributed by atoms with E-state index in [-0.39, 0.29) is 5.56 Å². The van der Waals surface area contributed by atoms with Crippen LogP contribution in [0.2, 0.25) is 0 Å². The summed E-state index contributed by atoms with van der Waals surface area (Å²) in [5.74, 6) is 0.649. The fourth-order valence-electron chi connectivity index (χ4n) is 1.56. The van der Waals surface area contributed by atoms with E-state index in [9.17, 15) is 4.79 Å². The minimum atomic E-state index is -0.131. The number of nitrogens with zero attached hydrogens (tertiary/aromatic N) is 1. The van der Waals surface area contributed by atoms with Crippen LogP contribution in [-0.2, 0) is 6.42 Å². The summed E-state index contributed by atoms with van der Waals surface area (Å²) in [5, 5.41) is 0.578. The molecule has 0 fully saturated rings. The lowest BCUT2D eigenvalue weighted by molar-refractivity contribution is 0.418. The van der Waals surface area contributed by atoms with Gasteiger partial charge in [-0.25, -0.2) is 4.98 Å². The molecule has 0 aliphatic rings. The highest BCUT2D eigenvalue weighted by Crippen LogP contribution is 2.23. The van der Waals surface area contributed by atoms with E-state index in [2.05, 4.69) is 9.97 Å². The van der Waals surface area contributed by atoms with Gasteiger partial charge in [-0.3, -0.25) is 4.79 Å². The first-order valence-electron chi connectivity index (χ1n) is 4.80. The molecule has 0 atom stereocenters. The van der Waals surface area contributed by atoms with Crippen LogP contribution in [0.15, 0.2) is 23.3 Å². The van der Waals surface area contributed by atoms with Crippen LogP contribution in [0.1, 0.15) is 12.5 Å². The van der Waals surface area contributed by atoms with Gasteiger partial charge in [0, 0.05) is 0 Å². The van der Waals surface area contributed by atoms with Crippen molar-refractivity contribution >= 4 is 10.9 Å². The van der Waals surface area contributed by atoms with Crippen molar-refractivity contribution in [2.75, 3.05) is 7.11 Å². The Labute approximate surface area is 86.9 Å². The molecule has 78 valence electrons. The molecule has 0 unspecified atom stereocenters. The fourth-order valence-corrected chi connectivity index (χ4v) is 1.56. The predicted octanol–water partition coefficient (Wildman–Crippen LogP) is 1.49. The molecule has 4 nitrogen and oxygen atoms in total. The maximum atomic E-state index is 11.6.